The van der Waals surface area contributed by atoms with Gasteiger partial charge < -0.3 is 25.2 Å². The van der Waals surface area contributed by atoms with Crippen LogP contribution in [0.25, 0.3) is 0 Å². The first-order valence-electron chi connectivity index (χ1n) is 9.31. The van der Waals surface area contributed by atoms with Crippen LogP contribution in [0.15, 0.2) is 30.5 Å². The molecule has 8 nitrogen and oxygen atoms in total. The van der Waals surface area contributed by atoms with Gasteiger partial charge in [0.1, 0.15) is 11.6 Å². The standard InChI is InChI=1S/C19H17ClF3N5O3/c20-13-7-11(19(21,22)23)9-24-17(13)27-3-5-28(6-4-27)18(30)25-12-1-2-15-14(8-12)26-16(29)10-31-15/h1-2,7-9H,3-6,10H2,(H,25,30)(H,26,29). The van der Waals surface area contributed by atoms with Gasteiger partial charge in [0.25, 0.3) is 5.91 Å². The Morgan fingerprint density at radius 2 is 1.94 bits per heavy atom. The highest BCUT2D eigenvalue weighted by Gasteiger charge is 2.32. The van der Waals surface area contributed by atoms with Crippen molar-refractivity contribution in [3.8, 4) is 5.75 Å². The number of hydrogen-bond acceptors (Lipinski definition) is 5. The zero-order valence-electron chi connectivity index (χ0n) is 16.0. The van der Waals surface area contributed by atoms with Crippen molar-refractivity contribution in [3.05, 3.63) is 41.0 Å². The minimum atomic E-state index is -4.52. The molecule has 31 heavy (non-hydrogen) atoms. The number of halogens is 4. The average Bonchev–Trinajstić information content (AvgIpc) is 2.73. The second kappa shape index (κ2) is 8.14. The molecule has 4 rings (SSSR count). The number of anilines is 3. The number of fused-ring (bicyclic) bond motifs is 1. The molecule has 1 aromatic carbocycles. The SMILES string of the molecule is O=C1COc2ccc(NC(=O)N3CCN(c4ncc(C(F)(F)F)cc4Cl)CC3)cc2N1. The number of urea groups is 1. The van der Waals surface area contributed by atoms with Crippen LogP contribution in [0.3, 0.4) is 0 Å². The van der Waals surface area contributed by atoms with Gasteiger partial charge in [0.2, 0.25) is 0 Å². The summed E-state index contributed by atoms with van der Waals surface area (Å²) in [6.45, 7) is 1.32. The number of carbonyl (C=O) groups is 2. The van der Waals surface area contributed by atoms with Crippen molar-refractivity contribution in [1.29, 1.82) is 0 Å². The van der Waals surface area contributed by atoms with E-state index in [0.29, 0.717) is 43.3 Å². The molecule has 0 radical (unpaired) electrons. The number of nitrogens with one attached hydrogen (secondary N) is 2. The van der Waals surface area contributed by atoms with E-state index in [1.807, 2.05) is 0 Å². The summed E-state index contributed by atoms with van der Waals surface area (Å²) >= 11 is 6.01. The number of carbonyl (C=O) groups excluding carboxylic acids is 2. The summed E-state index contributed by atoms with van der Waals surface area (Å²) in [6.07, 6.45) is -3.77. The van der Waals surface area contributed by atoms with Crippen molar-refractivity contribution in [3.63, 3.8) is 0 Å². The summed E-state index contributed by atoms with van der Waals surface area (Å²) in [4.78, 5) is 31.2. The summed E-state index contributed by atoms with van der Waals surface area (Å²) in [5, 5.41) is 5.34. The quantitative estimate of drug-likeness (QED) is 0.724. The van der Waals surface area contributed by atoms with Gasteiger partial charge >= 0.3 is 12.2 Å². The zero-order chi connectivity index (χ0) is 22.2. The van der Waals surface area contributed by atoms with Gasteiger partial charge in [-0.15, -0.1) is 0 Å². The van der Waals surface area contributed by atoms with E-state index >= 15 is 0 Å². The molecule has 3 heterocycles. The van der Waals surface area contributed by atoms with Crippen molar-refractivity contribution >= 4 is 40.7 Å². The molecule has 2 aliphatic heterocycles. The summed E-state index contributed by atoms with van der Waals surface area (Å²) in [6, 6.07) is 5.43. The largest absolute Gasteiger partial charge is 0.482 e. The molecule has 2 aliphatic rings. The lowest BCUT2D eigenvalue weighted by Gasteiger charge is -2.35. The predicted molar refractivity (Wildman–Crippen MR) is 108 cm³/mol. The number of aromatic nitrogens is 1. The average molecular weight is 456 g/mol. The fourth-order valence-corrected chi connectivity index (χ4v) is 3.59. The van der Waals surface area contributed by atoms with E-state index in [1.54, 1.807) is 28.0 Å². The van der Waals surface area contributed by atoms with Crippen molar-refractivity contribution < 1.29 is 27.5 Å². The van der Waals surface area contributed by atoms with E-state index < -0.39 is 11.7 Å². The number of amides is 3. The second-order valence-corrected chi connectivity index (χ2v) is 7.39. The van der Waals surface area contributed by atoms with Crippen LogP contribution in [0.4, 0.5) is 35.2 Å². The molecule has 3 amide bonds. The third-order valence-electron chi connectivity index (χ3n) is 4.88. The highest BCUT2D eigenvalue weighted by molar-refractivity contribution is 6.33. The van der Waals surface area contributed by atoms with Crippen LogP contribution in [-0.4, -0.2) is 54.6 Å². The van der Waals surface area contributed by atoms with E-state index in [-0.39, 0.29) is 29.4 Å². The molecule has 1 fully saturated rings. The van der Waals surface area contributed by atoms with E-state index in [2.05, 4.69) is 15.6 Å². The summed E-state index contributed by atoms with van der Waals surface area (Å²) in [7, 11) is 0. The summed E-state index contributed by atoms with van der Waals surface area (Å²) in [5.41, 5.74) is 0.0530. The molecular weight excluding hydrogens is 439 g/mol. The number of hydrogen-bond donors (Lipinski definition) is 2. The molecule has 0 atom stereocenters. The van der Waals surface area contributed by atoms with E-state index in [0.717, 1.165) is 12.3 Å². The Morgan fingerprint density at radius 1 is 1.19 bits per heavy atom. The normalized spacial score (nSPS) is 16.3. The number of ether oxygens (including phenoxy) is 1. The van der Waals surface area contributed by atoms with Gasteiger partial charge in [0.15, 0.2) is 6.61 Å². The fourth-order valence-electron chi connectivity index (χ4n) is 3.30. The number of nitrogens with zero attached hydrogens (tertiary/aromatic N) is 3. The highest BCUT2D eigenvalue weighted by Crippen LogP contribution is 2.34. The van der Waals surface area contributed by atoms with E-state index in [1.165, 1.54) is 0 Å². The fraction of sp³-hybridized carbons (Fsp3) is 0.316. The molecule has 164 valence electrons. The van der Waals surface area contributed by atoms with Crippen molar-refractivity contribution in [2.45, 2.75) is 6.18 Å². The number of rotatable bonds is 2. The molecule has 0 unspecified atom stereocenters. The molecule has 1 saturated heterocycles. The van der Waals surface area contributed by atoms with Gasteiger partial charge in [0.05, 0.1) is 16.3 Å². The lowest BCUT2D eigenvalue weighted by Crippen LogP contribution is -2.50. The second-order valence-electron chi connectivity index (χ2n) is 6.98. The molecular formula is C19H17ClF3N5O3. The van der Waals surface area contributed by atoms with Gasteiger partial charge in [0, 0.05) is 38.1 Å². The van der Waals surface area contributed by atoms with Gasteiger partial charge in [-0.2, -0.15) is 13.2 Å². The van der Waals surface area contributed by atoms with Gasteiger partial charge in [-0.1, -0.05) is 11.6 Å². The predicted octanol–water partition coefficient (Wildman–Crippen LogP) is 3.44. The molecule has 2 N–H and O–H groups in total. The molecule has 2 aromatic rings. The zero-order valence-corrected chi connectivity index (χ0v) is 16.8. The monoisotopic (exact) mass is 455 g/mol. The Morgan fingerprint density at radius 3 is 2.61 bits per heavy atom. The van der Waals surface area contributed by atoms with Crippen LogP contribution in [-0.2, 0) is 11.0 Å². The van der Waals surface area contributed by atoms with E-state index in [4.69, 9.17) is 16.3 Å². The smallest absolute Gasteiger partial charge is 0.417 e. The Bertz CT molecular complexity index is 1030. The number of piperazine rings is 1. The Hall–Kier alpha value is -3.21. The minimum absolute atomic E-state index is 0.0548. The number of pyridine rings is 1. The molecule has 0 saturated carbocycles. The van der Waals surface area contributed by atoms with Crippen molar-refractivity contribution in [2.24, 2.45) is 0 Å². The number of benzene rings is 1. The third-order valence-corrected chi connectivity index (χ3v) is 5.16. The Kier molecular flexibility index (Phi) is 5.52. The first-order valence-corrected chi connectivity index (χ1v) is 9.69. The maximum absolute atomic E-state index is 12.8. The van der Waals surface area contributed by atoms with Gasteiger partial charge in [-0.25, -0.2) is 9.78 Å². The summed E-state index contributed by atoms with van der Waals surface area (Å²) < 4.78 is 43.6. The first kappa shape index (κ1) is 21.0. The number of alkyl halides is 3. The van der Waals surface area contributed by atoms with Crippen LogP contribution in [0.1, 0.15) is 5.56 Å². The van der Waals surface area contributed by atoms with Crippen molar-refractivity contribution in [2.75, 3.05) is 48.3 Å². The maximum Gasteiger partial charge on any atom is 0.417 e. The topological polar surface area (TPSA) is 86.8 Å². The molecule has 1 aromatic heterocycles. The van der Waals surface area contributed by atoms with Crippen LogP contribution in [0.2, 0.25) is 5.02 Å². The Labute approximate surface area is 179 Å². The van der Waals surface area contributed by atoms with Crippen LogP contribution < -0.4 is 20.3 Å². The lowest BCUT2D eigenvalue weighted by atomic mass is 10.2. The molecule has 12 heteroatoms. The maximum atomic E-state index is 12.8. The minimum Gasteiger partial charge on any atom is -0.482 e. The van der Waals surface area contributed by atoms with Gasteiger partial charge in [-0.3, -0.25) is 4.79 Å². The van der Waals surface area contributed by atoms with Crippen LogP contribution in [0.5, 0.6) is 5.75 Å². The molecule has 0 aliphatic carbocycles. The molecule has 0 bridgehead atoms. The van der Waals surface area contributed by atoms with Crippen LogP contribution >= 0.6 is 11.6 Å². The lowest BCUT2D eigenvalue weighted by molar-refractivity contribution is -0.137. The summed E-state index contributed by atoms with van der Waals surface area (Å²) in [5.74, 6) is 0.495. The highest BCUT2D eigenvalue weighted by atomic mass is 35.5. The van der Waals surface area contributed by atoms with Crippen molar-refractivity contribution in [1.82, 2.24) is 9.88 Å². The van der Waals surface area contributed by atoms with Gasteiger partial charge in [-0.05, 0) is 24.3 Å². The Balaban J connectivity index is 1.36. The van der Waals surface area contributed by atoms with E-state index in [9.17, 15) is 22.8 Å². The first-order chi connectivity index (χ1) is 14.7. The van der Waals surface area contributed by atoms with Crippen LogP contribution in [0, 0.1) is 0 Å². The molecule has 0 spiro atoms. The third kappa shape index (κ3) is 4.61.